The molecule has 0 atom stereocenters. The minimum absolute atomic E-state index is 0.246. The van der Waals surface area contributed by atoms with Gasteiger partial charge in [0.05, 0.1) is 5.52 Å². The molecule has 3 rings (SSSR count). The molecule has 0 unspecified atom stereocenters. The number of benzene rings is 1. The van der Waals surface area contributed by atoms with Crippen molar-refractivity contribution in [2.75, 3.05) is 11.4 Å². The summed E-state index contributed by atoms with van der Waals surface area (Å²) in [5, 5.41) is 3.13. The molecule has 0 spiro atoms. The number of hydrogen-bond donors (Lipinski definition) is 1. The van der Waals surface area contributed by atoms with Crippen LogP contribution in [-0.2, 0) is 4.79 Å². The van der Waals surface area contributed by atoms with Gasteiger partial charge in [-0.05, 0) is 28.1 Å². The van der Waals surface area contributed by atoms with Gasteiger partial charge in [-0.3, -0.25) is 15.0 Å². The second-order valence-corrected chi connectivity index (χ2v) is 5.00. The number of halogens is 1. The Morgan fingerprint density at radius 2 is 2.16 bits per heavy atom. The highest BCUT2D eigenvalue weighted by Gasteiger charge is 2.24. The number of nitrogens with zero attached hydrogens (tertiary/aromatic N) is 3. The van der Waals surface area contributed by atoms with E-state index in [0.717, 1.165) is 15.4 Å². The lowest BCUT2D eigenvalue weighted by atomic mass is 10.2. The molecule has 1 aromatic carbocycles. The lowest BCUT2D eigenvalue weighted by Gasteiger charge is -2.26. The van der Waals surface area contributed by atoms with Gasteiger partial charge >= 0.3 is 6.03 Å². The van der Waals surface area contributed by atoms with Gasteiger partial charge in [0.15, 0.2) is 0 Å². The van der Waals surface area contributed by atoms with Crippen LogP contribution < -0.4 is 10.2 Å². The highest BCUT2D eigenvalue weighted by molar-refractivity contribution is 9.10. The van der Waals surface area contributed by atoms with E-state index in [2.05, 4.69) is 31.2 Å². The number of urea groups is 1. The molecule has 1 aliphatic heterocycles. The average Bonchev–Trinajstić information content (AvgIpc) is 2.38. The number of aromatic nitrogens is 2. The molecule has 7 heteroatoms. The van der Waals surface area contributed by atoms with Gasteiger partial charge in [-0.25, -0.2) is 14.8 Å². The summed E-state index contributed by atoms with van der Waals surface area (Å²) in [5.41, 5.74) is 1.49. The SMILES string of the molecule is O=C1CCN(c2cc(Br)c3ncncc3c2)C(=O)N1. The van der Waals surface area contributed by atoms with Crippen molar-refractivity contribution in [3.63, 3.8) is 0 Å². The van der Waals surface area contributed by atoms with Crippen molar-refractivity contribution in [1.29, 1.82) is 0 Å². The lowest BCUT2D eigenvalue weighted by molar-refractivity contribution is -0.120. The molecule has 1 saturated heterocycles. The van der Waals surface area contributed by atoms with Gasteiger partial charge in [0.2, 0.25) is 5.91 Å². The van der Waals surface area contributed by atoms with E-state index in [-0.39, 0.29) is 5.91 Å². The number of imide groups is 1. The van der Waals surface area contributed by atoms with Gasteiger partial charge in [0.25, 0.3) is 0 Å². The van der Waals surface area contributed by atoms with Crippen molar-refractivity contribution in [1.82, 2.24) is 15.3 Å². The normalized spacial score (nSPS) is 15.7. The number of rotatable bonds is 1. The molecule has 3 amide bonds. The van der Waals surface area contributed by atoms with Crippen LogP contribution >= 0.6 is 15.9 Å². The molecule has 1 aromatic heterocycles. The smallest absolute Gasteiger partial charge is 0.294 e. The number of fused-ring (bicyclic) bond motifs is 1. The van der Waals surface area contributed by atoms with Crippen molar-refractivity contribution in [3.8, 4) is 0 Å². The van der Waals surface area contributed by atoms with Gasteiger partial charge in [-0.2, -0.15) is 0 Å². The van der Waals surface area contributed by atoms with Crippen LogP contribution in [0.1, 0.15) is 6.42 Å². The Kier molecular flexibility index (Phi) is 2.90. The highest BCUT2D eigenvalue weighted by atomic mass is 79.9. The fourth-order valence-corrected chi connectivity index (χ4v) is 2.58. The Morgan fingerprint density at radius 3 is 2.95 bits per heavy atom. The fourth-order valence-electron chi connectivity index (χ4n) is 2.01. The third-order valence-corrected chi connectivity index (χ3v) is 3.51. The minimum Gasteiger partial charge on any atom is -0.294 e. The van der Waals surface area contributed by atoms with Crippen molar-refractivity contribution >= 4 is 44.5 Å². The third-order valence-electron chi connectivity index (χ3n) is 2.91. The maximum atomic E-state index is 11.8. The standard InChI is InChI=1S/C12H9BrN4O2/c13-9-4-8(3-7-5-14-6-15-11(7)9)17-2-1-10(18)16-12(17)19/h3-6H,1-2H2,(H,16,18,19). The van der Waals surface area contributed by atoms with Crippen molar-refractivity contribution < 1.29 is 9.59 Å². The van der Waals surface area contributed by atoms with Crippen LogP contribution in [0.15, 0.2) is 29.1 Å². The molecular weight excluding hydrogens is 312 g/mol. The molecule has 2 heterocycles. The van der Waals surface area contributed by atoms with Crippen LogP contribution in [0.5, 0.6) is 0 Å². The Balaban J connectivity index is 2.06. The molecule has 1 N–H and O–H groups in total. The first kappa shape index (κ1) is 12.0. The Hall–Kier alpha value is -2.02. The van der Waals surface area contributed by atoms with Gasteiger partial charge in [-0.15, -0.1) is 0 Å². The summed E-state index contributed by atoms with van der Waals surface area (Å²) in [6, 6.07) is 3.24. The average molecular weight is 321 g/mol. The van der Waals surface area contributed by atoms with Gasteiger partial charge in [0, 0.05) is 34.7 Å². The van der Waals surface area contributed by atoms with E-state index in [1.54, 1.807) is 6.20 Å². The maximum absolute atomic E-state index is 11.8. The van der Waals surface area contributed by atoms with E-state index in [1.807, 2.05) is 12.1 Å². The zero-order valence-electron chi connectivity index (χ0n) is 9.76. The monoisotopic (exact) mass is 320 g/mol. The molecule has 96 valence electrons. The van der Waals surface area contributed by atoms with Gasteiger partial charge in [0.1, 0.15) is 6.33 Å². The van der Waals surface area contributed by atoms with Crippen LogP contribution in [0.25, 0.3) is 10.9 Å². The molecule has 0 saturated carbocycles. The van der Waals surface area contributed by atoms with Crippen molar-refractivity contribution in [2.24, 2.45) is 0 Å². The molecule has 0 aliphatic carbocycles. The minimum atomic E-state index is -0.403. The summed E-state index contributed by atoms with van der Waals surface area (Å²) < 4.78 is 0.784. The van der Waals surface area contributed by atoms with E-state index in [4.69, 9.17) is 0 Å². The molecule has 19 heavy (non-hydrogen) atoms. The number of nitrogens with one attached hydrogen (secondary N) is 1. The lowest BCUT2D eigenvalue weighted by Crippen LogP contribution is -2.49. The number of hydrogen-bond acceptors (Lipinski definition) is 4. The predicted octanol–water partition coefficient (Wildman–Crippen LogP) is 1.84. The maximum Gasteiger partial charge on any atom is 0.328 e. The van der Waals surface area contributed by atoms with Crippen molar-refractivity contribution in [3.05, 3.63) is 29.1 Å². The highest BCUT2D eigenvalue weighted by Crippen LogP contribution is 2.29. The molecular formula is C12H9BrN4O2. The van der Waals surface area contributed by atoms with E-state index in [0.29, 0.717) is 18.7 Å². The molecule has 6 nitrogen and oxygen atoms in total. The zero-order valence-corrected chi connectivity index (χ0v) is 11.3. The van der Waals surface area contributed by atoms with Crippen LogP contribution in [0.4, 0.5) is 10.5 Å². The van der Waals surface area contributed by atoms with E-state index >= 15 is 0 Å². The molecule has 2 aromatic rings. The van der Waals surface area contributed by atoms with Crippen LogP contribution in [0, 0.1) is 0 Å². The summed E-state index contributed by atoms with van der Waals surface area (Å²) in [7, 11) is 0. The van der Waals surface area contributed by atoms with Crippen LogP contribution in [0.3, 0.4) is 0 Å². The topological polar surface area (TPSA) is 75.2 Å². The molecule has 1 fully saturated rings. The summed E-state index contributed by atoms with van der Waals surface area (Å²) in [5.74, 6) is -0.246. The predicted molar refractivity (Wildman–Crippen MR) is 72.7 cm³/mol. The summed E-state index contributed by atoms with van der Waals surface area (Å²) in [6.45, 7) is 0.371. The zero-order chi connectivity index (χ0) is 13.4. The molecule has 1 aliphatic rings. The van der Waals surface area contributed by atoms with E-state index in [9.17, 15) is 9.59 Å². The summed E-state index contributed by atoms with van der Waals surface area (Å²) >= 11 is 3.43. The first-order valence-electron chi connectivity index (χ1n) is 5.66. The Bertz CT molecular complexity index is 688. The second-order valence-electron chi connectivity index (χ2n) is 4.14. The summed E-state index contributed by atoms with van der Waals surface area (Å²) in [4.78, 5) is 32.6. The Labute approximate surface area is 117 Å². The first-order valence-corrected chi connectivity index (χ1v) is 6.45. The van der Waals surface area contributed by atoms with Crippen LogP contribution in [-0.4, -0.2) is 28.5 Å². The number of carbonyl (C=O) groups is 2. The summed E-state index contributed by atoms with van der Waals surface area (Å²) in [6.07, 6.45) is 3.45. The van der Waals surface area contributed by atoms with Gasteiger partial charge in [-0.1, -0.05) is 0 Å². The molecule has 0 bridgehead atoms. The number of carbonyl (C=O) groups excluding carboxylic acids is 2. The van der Waals surface area contributed by atoms with E-state index < -0.39 is 6.03 Å². The quantitative estimate of drug-likeness (QED) is 0.870. The molecule has 0 radical (unpaired) electrons. The third kappa shape index (κ3) is 2.17. The first-order chi connectivity index (χ1) is 9.15. The van der Waals surface area contributed by atoms with E-state index in [1.165, 1.54) is 11.2 Å². The largest absolute Gasteiger partial charge is 0.328 e. The van der Waals surface area contributed by atoms with Gasteiger partial charge < -0.3 is 0 Å². The Morgan fingerprint density at radius 1 is 1.32 bits per heavy atom. The van der Waals surface area contributed by atoms with Crippen LogP contribution in [0.2, 0.25) is 0 Å². The number of anilines is 1. The number of amides is 3. The fraction of sp³-hybridized carbons (Fsp3) is 0.167. The van der Waals surface area contributed by atoms with Crippen molar-refractivity contribution in [2.45, 2.75) is 6.42 Å². The second kappa shape index (κ2) is 4.58.